The molecule has 0 N–H and O–H groups in total. The van der Waals surface area contributed by atoms with Crippen molar-refractivity contribution in [1.82, 2.24) is 9.55 Å². The summed E-state index contributed by atoms with van der Waals surface area (Å²) in [7, 11) is 0. The Morgan fingerprint density at radius 3 is 2.65 bits per heavy atom. The van der Waals surface area contributed by atoms with Crippen molar-refractivity contribution in [1.29, 1.82) is 0 Å². The van der Waals surface area contributed by atoms with Crippen molar-refractivity contribution in [2.75, 3.05) is 0 Å². The summed E-state index contributed by atoms with van der Waals surface area (Å²) in [6.07, 6.45) is 4.55. The van der Waals surface area contributed by atoms with Crippen LogP contribution < -0.4 is 5.56 Å². The molecular formula is C13H13N2OY-. The second kappa shape index (κ2) is 6.22. The molecule has 0 aliphatic carbocycles. The minimum atomic E-state index is -0.131. The van der Waals surface area contributed by atoms with Crippen LogP contribution in [0.2, 0.25) is 0 Å². The van der Waals surface area contributed by atoms with Crippen LogP contribution in [0.25, 0.3) is 5.69 Å². The number of rotatable bonds is 2. The SMILES string of the molecule is CC(C)c1[c-]cc(-n2ccncc2=O)cc1.[Y]. The van der Waals surface area contributed by atoms with E-state index in [4.69, 9.17) is 0 Å². The molecule has 0 saturated heterocycles. The Balaban J connectivity index is 0.00000144. The molecule has 1 aromatic heterocycles. The van der Waals surface area contributed by atoms with Gasteiger partial charge in [0, 0.05) is 45.1 Å². The largest absolute Gasteiger partial charge is 0.336 e. The second-order valence-electron chi connectivity index (χ2n) is 3.94. The molecule has 0 unspecified atom stereocenters. The van der Waals surface area contributed by atoms with Crippen molar-refractivity contribution in [2.45, 2.75) is 19.8 Å². The summed E-state index contributed by atoms with van der Waals surface area (Å²) < 4.78 is 1.55. The van der Waals surface area contributed by atoms with Crippen LogP contribution in [0.3, 0.4) is 0 Å². The first-order valence-corrected chi connectivity index (χ1v) is 5.23. The van der Waals surface area contributed by atoms with Crippen molar-refractivity contribution < 1.29 is 32.7 Å². The molecule has 3 nitrogen and oxygen atoms in total. The number of benzene rings is 1. The van der Waals surface area contributed by atoms with Gasteiger partial charge in [-0.25, -0.2) is 0 Å². The molecule has 0 aliphatic heterocycles. The number of nitrogens with zero attached hydrogens (tertiary/aromatic N) is 2. The summed E-state index contributed by atoms with van der Waals surface area (Å²) in [6.45, 7) is 4.23. The molecule has 17 heavy (non-hydrogen) atoms. The topological polar surface area (TPSA) is 34.9 Å². The fourth-order valence-corrected chi connectivity index (χ4v) is 1.50. The molecule has 85 valence electrons. The fourth-order valence-electron chi connectivity index (χ4n) is 1.50. The van der Waals surface area contributed by atoms with Gasteiger partial charge < -0.3 is 4.57 Å². The summed E-state index contributed by atoms with van der Waals surface area (Å²) in [5, 5.41) is 0. The summed E-state index contributed by atoms with van der Waals surface area (Å²) in [5.41, 5.74) is 1.83. The maximum atomic E-state index is 11.5. The van der Waals surface area contributed by atoms with E-state index in [0.29, 0.717) is 5.92 Å². The molecule has 0 aliphatic rings. The first-order chi connectivity index (χ1) is 7.68. The van der Waals surface area contributed by atoms with Crippen molar-refractivity contribution in [3.8, 4) is 5.69 Å². The van der Waals surface area contributed by atoms with Crippen molar-refractivity contribution >= 4 is 0 Å². The first-order valence-electron chi connectivity index (χ1n) is 5.23. The molecule has 1 heterocycles. The molecule has 2 rings (SSSR count). The Bertz CT molecular complexity index is 532. The zero-order valence-corrected chi connectivity index (χ0v) is 12.8. The van der Waals surface area contributed by atoms with Crippen LogP contribution in [0.4, 0.5) is 0 Å². The van der Waals surface area contributed by atoms with Crippen LogP contribution in [-0.4, -0.2) is 9.55 Å². The summed E-state index contributed by atoms with van der Waals surface area (Å²) in [6, 6.07) is 8.93. The van der Waals surface area contributed by atoms with E-state index in [9.17, 15) is 4.79 Å². The Morgan fingerprint density at radius 1 is 1.35 bits per heavy atom. The van der Waals surface area contributed by atoms with Gasteiger partial charge in [-0.2, -0.15) is 23.8 Å². The monoisotopic (exact) mass is 302 g/mol. The van der Waals surface area contributed by atoms with E-state index in [1.54, 1.807) is 17.0 Å². The van der Waals surface area contributed by atoms with Crippen LogP contribution >= 0.6 is 0 Å². The number of hydrogen-bond acceptors (Lipinski definition) is 2. The third kappa shape index (κ3) is 3.33. The Kier molecular flexibility index (Phi) is 5.22. The van der Waals surface area contributed by atoms with E-state index in [0.717, 1.165) is 11.3 Å². The van der Waals surface area contributed by atoms with Gasteiger partial charge in [-0.15, -0.1) is 6.07 Å². The van der Waals surface area contributed by atoms with Gasteiger partial charge in [0.2, 0.25) is 0 Å². The minimum Gasteiger partial charge on any atom is -0.336 e. The molecule has 2 aromatic rings. The van der Waals surface area contributed by atoms with Gasteiger partial charge >= 0.3 is 0 Å². The molecule has 1 aromatic carbocycles. The van der Waals surface area contributed by atoms with Gasteiger partial charge in [0.1, 0.15) is 0 Å². The quantitative estimate of drug-likeness (QED) is 0.797. The minimum absolute atomic E-state index is 0. The zero-order chi connectivity index (χ0) is 11.5. The average Bonchev–Trinajstić information content (AvgIpc) is 2.30. The smallest absolute Gasteiger partial charge is 0.262 e. The van der Waals surface area contributed by atoms with E-state index >= 15 is 0 Å². The van der Waals surface area contributed by atoms with Gasteiger partial charge in [-0.3, -0.25) is 9.78 Å². The van der Waals surface area contributed by atoms with E-state index < -0.39 is 0 Å². The van der Waals surface area contributed by atoms with Crippen molar-refractivity contribution in [2.24, 2.45) is 0 Å². The van der Waals surface area contributed by atoms with Crippen molar-refractivity contribution in [3.63, 3.8) is 0 Å². The molecular weight excluding hydrogens is 289 g/mol. The van der Waals surface area contributed by atoms with E-state index in [1.807, 2.05) is 18.2 Å². The molecule has 0 saturated carbocycles. The summed E-state index contributed by atoms with van der Waals surface area (Å²) in [5.74, 6) is 0.447. The van der Waals surface area contributed by atoms with Crippen LogP contribution in [0, 0.1) is 6.07 Å². The Morgan fingerprint density at radius 2 is 2.12 bits per heavy atom. The molecule has 0 bridgehead atoms. The molecule has 0 atom stereocenters. The van der Waals surface area contributed by atoms with E-state index in [2.05, 4.69) is 24.9 Å². The number of hydrogen-bond donors (Lipinski definition) is 0. The standard InChI is InChI=1S/C13H13N2O.Y/c1-10(2)11-3-5-12(6-4-11)15-8-7-14-9-13(15)16;/h3,5-10H,1-2H3;/q-1;. The summed E-state index contributed by atoms with van der Waals surface area (Å²) in [4.78, 5) is 15.3. The second-order valence-corrected chi connectivity index (χ2v) is 3.94. The zero-order valence-electron chi connectivity index (χ0n) is 9.92. The molecule has 1 radical (unpaired) electrons. The molecule has 0 fully saturated rings. The molecule has 0 spiro atoms. The third-order valence-corrected chi connectivity index (χ3v) is 2.44. The molecule has 0 amide bonds. The van der Waals surface area contributed by atoms with Crippen LogP contribution in [0.5, 0.6) is 0 Å². The Hall–Kier alpha value is -0.796. The fraction of sp³-hybridized carbons (Fsp3) is 0.231. The van der Waals surface area contributed by atoms with Crippen LogP contribution in [0.15, 0.2) is 41.6 Å². The third-order valence-electron chi connectivity index (χ3n) is 2.44. The van der Waals surface area contributed by atoms with E-state index in [1.165, 1.54) is 6.20 Å². The Labute approximate surface area is 126 Å². The van der Waals surface area contributed by atoms with Gasteiger partial charge in [0.05, 0.1) is 6.20 Å². The maximum Gasteiger partial charge on any atom is 0.262 e. The molecule has 4 heteroatoms. The first kappa shape index (κ1) is 14.3. The van der Waals surface area contributed by atoms with Gasteiger partial charge in [0.25, 0.3) is 5.56 Å². The average molecular weight is 302 g/mol. The number of aromatic nitrogens is 2. The predicted molar refractivity (Wildman–Crippen MR) is 62.8 cm³/mol. The van der Waals surface area contributed by atoms with Crippen LogP contribution in [0.1, 0.15) is 25.3 Å². The maximum absolute atomic E-state index is 11.5. The summed E-state index contributed by atoms with van der Waals surface area (Å²) >= 11 is 0. The van der Waals surface area contributed by atoms with E-state index in [-0.39, 0.29) is 38.3 Å². The van der Waals surface area contributed by atoms with Gasteiger partial charge in [-0.1, -0.05) is 19.5 Å². The van der Waals surface area contributed by atoms with Gasteiger partial charge in [0.15, 0.2) is 0 Å². The van der Waals surface area contributed by atoms with Crippen LogP contribution in [-0.2, 0) is 32.7 Å². The van der Waals surface area contributed by atoms with Crippen molar-refractivity contribution in [3.05, 3.63) is 58.8 Å². The predicted octanol–water partition coefficient (Wildman–Crippen LogP) is 2.15. The normalized spacial score (nSPS) is 10.1. The van der Waals surface area contributed by atoms with Gasteiger partial charge in [-0.05, 0) is 5.92 Å².